The molecule has 7 nitrogen and oxygen atoms in total. The predicted molar refractivity (Wildman–Crippen MR) is 69.7 cm³/mol. The second kappa shape index (κ2) is 8.84. The van der Waals surface area contributed by atoms with Crippen LogP contribution >= 0.6 is 0 Å². The molecule has 0 radical (unpaired) electrons. The summed E-state index contributed by atoms with van der Waals surface area (Å²) in [5, 5.41) is 13.9. The Bertz CT molecular complexity index is 299. The third-order valence-electron chi connectivity index (χ3n) is 3.07. The Kier molecular flexibility index (Phi) is 7.39. The van der Waals surface area contributed by atoms with E-state index < -0.39 is 6.03 Å². The highest BCUT2D eigenvalue weighted by molar-refractivity contribution is 5.95. The van der Waals surface area contributed by atoms with Gasteiger partial charge in [-0.25, -0.2) is 4.79 Å². The maximum atomic E-state index is 11.6. The summed E-state index contributed by atoms with van der Waals surface area (Å²) in [6, 6.07) is -0.502. The Morgan fingerprint density at radius 1 is 1.47 bits per heavy atom. The van der Waals surface area contributed by atoms with Gasteiger partial charge in [0.1, 0.15) is 0 Å². The highest BCUT2D eigenvalue weighted by atomic mass is 16.5. The van der Waals surface area contributed by atoms with E-state index in [2.05, 4.69) is 10.6 Å². The molecule has 110 valence electrons. The number of imide groups is 1. The molecule has 1 aliphatic heterocycles. The number of urea groups is 1. The lowest BCUT2D eigenvalue weighted by Crippen LogP contribution is -2.47. The highest BCUT2D eigenvalue weighted by Crippen LogP contribution is 2.14. The second-order valence-corrected chi connectivity index (χ2v) is 4.72. The molecular weight excluding hydrogens is 250 g/mol. The third-order valence-corrected chi connectivity index (χ3v) is 3.07. The molecule has 1 fully saturated rings. The molecule has 1 atom stereocenters. The molecule has 1 saturated heterocycles. The first-order valence-electron chi connectivity index (χ1n) is 6.55. The zero-order valence-electron chi connectivity index (χ0n) is 11.4. The first kappa shape index (κ1) is 15.9. The zero-order valence-corrected chi connectivity index (χ0v) is 11.4. The van der Waals surface area contributed by atoms with Gasteiger partial charge in [0.25, 0.3) is 0 Å². The van der Waals surface area contributed by atoms with Crippen molar-refractivity contribution in [2.45, 2.75) is 12.8 Å². The summed E-state index contributed by atoms with van der Waals surface area (Å²) in [5.74, 6) is -0.0920. The van der Waals surface area contributed by atoms with E-state index in [4.69, 9.17) is 9.84 Å². The Labute approximate surface area is 113 Å². The van der Waals surface area contributed by atoms with Crippen LogP contribution in [-0.4, -0.2) is 68.4 Å². The number of hydrogen-bond acceptors (Lipinski definition) is 5. The number of aliphatic hydroxyl groups is 1. The minimum atomic E-state index is -0.502. The van der Waals surface area contributed by atoms with Gasteiger partial charge in [-0.15, -0.1) is 0 Å². The number of nitrogens with zero attached hydrogens (tertiary/aromatic N) is 1. The average molecular weight is 273 g/mol. The van der Waals surface area contributed by atoms with Gasteiger partial charge in [-0.1, -0.05) is 0 Å². The molecule has 0 aromatic rings. The average Bonchev–Trinajstić information content (AvgIpc) is 2.39. The number of likely N-dealkylation sites (tertiary alicyclic amines) is 1. The maximum Gasteiger partial charge on any atom is 0.321 e. The minimum Gasteiger partial charge on any atom is -0.396 e. The number of carbonyl (C=O) groups is 2. The van der Waals surface area contributed by atoms with E-state index in [9.17, 15) is 9.59 Å². The zero-order chi connectivity index (χ0) is 14.1. The van der Waals surface area contributed by atoms with Gasteiger partial charge in [0, 0.05) is 26.8 Å². The fourth-order valence-electron chi connectivity index (χ4n) is 2.12. The highest BCUT2D eigenvalue weighted by Gasteiger charge is 2.21. The summed E-state index contributed by atoms with van der Waals surface area (Å²) in [6.45, 7) is 2.64. The first-order valence-corrected chi connectivity index (χ1v) is 6.55. The van der Waals surface area contributed by atoms with Gasteiger partial charge >= 0.3 is 6.03 Å². The largest absolute Gasteiger partial charge is 0.396 e. The Hall–Kier alpha value is -1.18. The van der Waals surface area contributed by atoms with Gasteiger partial charge in [0.2, 0.25) is 5.91 Å². The van der Waals surface area contributed by atoms with Crippen LogP contribution in [0.25, 0.3) is 0 Å². The molecule has 19 heavy (non-hydrogen) atoms. The van der Waals surface area contributed by atoms with E-state index in [1.54, 1.807) is 7.11 Å². The van der Waals surface area contributed by atoms with E-state index in [1.807, 2.05) is 4.90 Å². The van der Waals surface area contributed by atoms with Crippen LogP contribution in [0.4, 0.5) is 4.79 Å². The maximum absolute atomic E-state index is 11.6. The number of aliphatic hydroxyl groups excluding tert-OH is 1. The van der Waals surface area contributed by atoms with Crippen molar-refractivity contribution in [3.05, 3.63) is 0 Å². The number of hydrogen-bond donors (Lipinski definition) is 3. The van der Waals surface area contributed by atoms with Crippen LogP contribution in [0.1, 0.15) is 12.8 Å². The smallest absolute Gasteiger partial charge is 0.321 e. The summed E-state index contributed by atoms with van der Waals surface area (Å²) < 4.78 is 4.78. The summed E-state index contributed by atoms with van der Waals surface area (Å²) >= 11 is 0. The van der Waals surface area contributed by atoms with E-state index in [-0.39, 0.29) is 25.0 Å². The molecule has 3 N–H and O–H groups in total. The van der Waals surface area contributed by atoms with Gasteiger partial charge in [0.15, 0.2) is 0 Å². The topological polar surface area (TPSA) is 90.9 Å². The van der Waals surface area contributed by atoms with E-state index >= 15 is 0 Å². The number of carbonyl (C=O) groups excluding carboxylic acids is 2. The normalized spacial score (nSPS) is 20.0. The summed E-state index contributed by atoms with van der Waals surface area (Å²) in [6.07, 6.45) is 1.96. The van der Waals surface area contributed by atoms with Crippen molar-refractivity contribution in [2.75, 3.05) is 46.5 Å². The summed E-state index contributed by atoms with van der Waals surface area (Å²) in [7, 11) is 1.54. The molecule has 7 heteroatoms. The van der Waals surface area contributed by atoms with Crippen molar-refractivity contribution in [2.24, 2.45) is 5.92 Å². The van der Waals surface area contributed by atoms with Crippen molar-refractivity contribution in [3.8, 4) is 0 Å². The van der Waals surface area contributed by atoms with Crippen LogP contribution in [0, 0.1) is 5.92 Å². The number of methoxy groups -OCH3 is 1. The predicted octanol–water partition coefficient (Wildman–Crippen LogP) is -0.837. The Morgan fingerprint density at radius 2 is 2.26 bits per heavy atom. The van der Waals surface area contributed by atoms with E-state index in [0.717, 1.165) is 19.4 Å². The van der Waals surface area contributed by atoms with Crippen LogP contribution in [0.5, 0.6) is 0 Å². The van der Waals surface area contributed by atoms with Crippen LogP contribution in [0.3, 0.4) is 0 Å². The number of nitrogens with one attached hydrogen (secondary N) is 2. The first-order chi connectivity index (χ1) is 9.15. The minimum absolute atomic E-state index is 0.148. The van der Waals surface area contributed by atoms with E-state index in [0.29, 0.717) is 19.7 Å². The number of rotatable bonds is 6. The molecule has 1 heterocycles. The van der Waals surface area contributed by atoms with Gasteiger partial charge < -0.3 is 15.2 Å². The Balaban J connectivity index is 2.21. The standard InChI is InChI=1S/C12H23N3O4/c1-19-6-4-13-12(18)14-11(17)8-15-5-2-3-10(7-15)9-16/h10,16H,2-9H2,1H3,(H2,13,14,17,18). The molecule has 0 aromatic heterocycles. The SMILES string of the molecule is COCCNC(=O)NC(=O)CN1CCCC(CO)C1. The molecule has 1 aliphatic rings. The summed E-state index contributed by atoms with van der Waals surface area (Å²) in [5.41, 5.74) is 0. The fourth-order valence-corrected chi connectivity index (χ4v) is 2.12. The van der Waals surface area contributed by atoms with Gasteiger partial charge in [-0.3, -0.25) is 15.0 Å². The van der Waals surface area contributed by atoms with Gasteiger partial charge in [0.05, 0.1) is 13.2 Å². The lowest BCUT2D eigenvalue weighted by atomic mass is 9.99. The Morgan fingerprint density at radius 3 is 2.95 bits per heavy atom. The molecule has 3 amide bonds. The van der Waals surface area contributed by atoms with Crippen molar-refractivity contribution < 1.29 is 19.4 Å². The quantitative estimate of drug-likeness (QED) is 0.549. The van der Waals surface area contributed by atoms with Gasteiger partial charge in [-0.2, -0.15) is 0 Å². The molecule has 0 aromatic carbocycles. The van der Waals surface area contributed by atoms with Crippen molar-refractivity contribution in [1.29, 1.82) is 0 Å². The monoisotopic (exact) mass is 273 g/mol. The van der Waals surface area contributed by atoms with Crippen LogP contribution in [0.2, 0.25) is 0 Å². The second-order valence-electron chi connectivity index (χ2n) is 4.72. The molecule has 0 bridgehead atoms. The molecule has 1 unspecified atom stereocenters. The van der Waals surface area contributed by atoms with Crippen LogP contribution in [-0.2, 0) is 9.53 Å². The van der Waals surface area contributed by atoms with Crippen LogP contribution < -0.4 is 10.6 Å². The lowest BCUT2D eigenvalue weighted by molar-refractivity contribution is -0.121. The number of amides is 3. The molecule has 1 rings (SSSR count). The number of ether oxygens (including phenoxy) is 1. The van der Waals surface area contributed by atoms with Crippen molar-refractivity contribution in [3.63, 3.8) is 0 Å². The van der Waals surface area contributed by atoms with Gasteiger partial charge in [-0.05, 0) is 25.3 Å². The summed E-state index contributed by atoms with van der Waals surface area (Å²) in [4.78, 5) is 24.9. The molecular formula is C12H23N3O4. The molecule has 0 saturated carbocycles. The lowest BCUT2D eigenvalue weighted by Gasteiger charge is -2.30. The van der Waals surface area contributed by atoms with Crippen molar-refractivity contribution in [1.82, 2.24) is 15.5 Å². The van der Waals surface area contributed by atoms with Crippen molar-refractivity contribution >= 4 is 11.9 Å². The number of piperidine rings is 1. The molecule has 0 aliphatic carbocycles. The van der Waals surface area contributed by atoms with Crippen LogP contribution in [0.15, 0.2) is 0 Å². The fraction of sp³-hybridized carbons (Fsp3) is 0.833. The van der Waals surface area contributed by atoms with E-state index in [1.165, 1.54) is 0 Å². The molecule has 0 spiro atoms. The third kappa shape index (κ3) is 6.51.